The summed E-state index contributed by atoms with van der Waals surface area (Å²) < 4.78 is 138. The summed E-state index contributed by atoms with van der Waals surface area (Å²) in [4.78, 5) is 4.29. The Kier molecular flexibility index (Phi) is 1.62. The lowest BCUT2D eigenvalue weighted by atomic mass is 9.90. The minimum Gasteiger partial charge on any atom is -0.295 e. The highest BCUT2D eigenvalue weighted by Crippen LogP contribution is 2.41. The number of para-hydroxylation sites is 2. The maximum atomic E-state index is 9.03. The second-order valence-corrected chi connectivity index (χ2v) is 6.48. The minimum absolute atomic E-state index is 0.145. The van der Waals surface area contributed by atoms with E-state index in [-0.39, 0.29) is 16.7 Å². The van der Waals surface area contributed by atoms with Gasteiger partial charge in [0.05, 0.1) is 34.5 Å². The standard InChI is InChI=1S/C28H20N2/c1-19-29-25-17-9-10-18-26(25)30(19)28-23-15-7-5-13-21(23)27(20-11-3-2-4-12-20)22-14-6-8-16-24(22)28/h2-18H,1H3/i1D3,2D,3D,4D,5D,6D,7D,8D,11D,12D,13D,14D,15D,16D. The number of hydrogen-bond donors (Lipinski definition) is 0. The zero-order valence-electron chi connectivity index (χ0n) is 31.2. The van der Waals surface area contributed by atoms with Gasteiger partial charge in [-0.15, -0.1) is 0 Å². The van der Waals surface area contributed by atoms with Crippen LogP contribution in [0, 0.1) is 6.85 Å². The highest BCUT2D eigenvalue weighted by Gasteiger charge is 2.18. The van der Waals surface area contributed by atoms with Crippen LogP contribution >= 0.6 is 0 Å². The molecule has 0 saturated carbocycles. The van der Waals surface area contributed by atoms with Gasteiger partial charge in [0.1, 0.15) is 5.82 Å². The van der Waals surface area contributed by atoms with Crippen LogP contribution < -0.4 is 0 Å². The van der Waals surface area contributed by atoms with Crippen molar-refractivity contribution in [3.05, 3.63) is 109 Å². The number of benzene rings is 5. The van der Waals surface area contributed by atoms with Gasteiger partial charge in [0.25, 0.3) is 0 Å². The van der Waals surface area contributed by atoms with Crippen molar-refractivity contribution in [3.63, 3.8) is 0 Å². The SMILES string of the molecule is [2H]c1c([2H])c([2H])c(-c2c3c([2H])c([2H])c([2H])c([2H])c3c(-n3c(C([2H])([2H])[2H])nc4ccccc43)c3c([2H])c([2H])c([2H])c([2H])c23)c([2H])c1[2H]. The van der Waals surface area contributed by atoms with E-state index < -0.39 is 124 Å². The zero-order valence-corrected chi connectivity index (χ0v) is 15.2. The van der Waals surface area contributed by atoms with E-state index in [4.69, 9.17) is 21.9 Å². The molecule has 142 valence electrons. The first-order valence-corrected chi connectivity index (χ1v) is 8.95. The topological polar surface area (TPSA) is 17.8 Å². The van der Waals surface area contributed by atoms with E-state index in [1.165, 1.54) is 12.1 Å². The molecule has 0 atom stereocenters. The fourth-order valence-corrected chi connectivity index (χ4v) is 3.71. The van der Waals surface area contributed by atoms with Gasteiger partial charge in [0.2, 0.25) is 0 Å². The zero-order chi connectivity index (χ0) is 33.9. The van der Waals surface area contributed by atoms with E-state index >= 15 is 0 Å². The number of rotatable bonds is 2. The molecule has 0 saturated heterocycles. The largest absolute Gasteiger partial charge is 0.295 e. The third-order valence-corrected chi connectivity index (χ3v) is 4.88. The highest BCUT2D eigenvalue weighted by atomic mass is 15.1. The van der Waals surface area contributed by atoms with E-state index in [0.29, 0.717) is 0 Å². The van der Waals surface area contributed by atoms with Crippen LogP contribution in [0.1, 0.15) is 27.8 Å². The molecule has 0 radical (unpaired) electrons. The third-order valence-electron chi connectivity index (χ3n) is 4.88. The molecule has 0 aliphatic heterocycles. The van der Waals surface area contributed by atoms with Crippen LogP contribution in [0.25, 0.3) is 49.4 Å². The predicted molar refractivity (Wildman–Crippen MR) is 126 cm³/mol. The molecule has 6 rings (SSSR count). The Labute approximate surface area is 197 Å². The number of imidazole rings is 1. The summed E-state index contributed by atoms with van der Waals surface area (Å²) >= 11 is 0. The fraction of sp³-hybridized carbons (Fsp3) is 0.0357. The van der Waals surface area contributed by atoms with Crippen LogP contribution in [-0.4, -0.2) is 9.55 Å². The predicted octanol–water partition coefficient (Wildman–Crippen LogP) is 7.31. The van der Waals surface area contributed by atoms with Crippen molar-refractivity contribution < 1.29 is 21.9 Å². The number of hydrogen-bond acceptors (Lipinski definition) is 1. The Balaban J connectivity index is 2.11. The van der Waals surface area contributed by atoms with E-state index in [2.05, 4.69) is 4.98 Å². The molecule has 0 unspecified atom stereocenters. The van der Waals surface area contributed by atoms with Crippen LogP contribution in [0.3, 0.4) is 0 Å². The van der Waals surface area contributed by atoms with Gasteiger partial charge in [-0.3, -0.25) is 4.57 Å². The molecule has 6 aromatic rings. The van der Waals surface area contributed by atoms with Crippen molar-refractivity contribution in [3.8, 4) is 16.8 Å². The molecule has 0 amide bonds. The summed E-state index contributed by atoms with van der Waals surface area (Å²) in [6, 6.07) is -3.69. The lowest BCUT2D eigenvalue weighted by Crippen LogP contribution is -2.01. The summed E-state index contributed by atoms with van der Waals surface area (Å²) in [7, 11) is 0. The fourth-order valence-electron chi connectivity index (χ4n) is 3.71. The molecule has 0 fully saturated rings. The van der Waals surface area contributed by atoms with Crippen molar-refractivity contribution in [2.45, 2.75) is 6.85 Å². The Bertz CT molecular complexity index is 2230. The number of aromatic nitrogens is 2. The molecule has 1 heterocycles. The quantitative estimate of drug-likeness (QED) is 0.279. The van der Waals surface area contributed by atoms with Gasteiger partial charge < -0.3 is 0 Å². The molecule has 0 spiro atoms. The van der Waals surface area contributed by atoms with Gasteiger partial charge >= 0.3 is 0 Å². The molecule has 2 nitrogen and oxygen atoms in total. The van der Waals surface area contributed by atoms with Gasteiger partial charge in [-0.25, -0.2) is 4.98 Å². The Morgan fingerprint density at radius 3 is 2.00 bits per heavy atom. The highest BCUT2D eigenvalue weighted by molar-refractivity contribution is 6.18. The Morgan fingerprint density at radius 2 is 1.33 bits per heavy atom. The van der Waals surface area contributed by atoms with E-state index in [1.54, 1.807) is 12.1 Å². The molecule has 0 aliphatic rings. The van der Waals surface area contributed by atoms with Gasteiger partial charge in [-0.05, 0) is 40.9 Å². The van der Waals surface area contributed by atoms with E-state index in [0.717, 1.165) is 4.57 Å². The van der Waals surface area contributed by atoms with Crippen molar-refractivity contribution in [2.24, 2.45) is 0 Å². The summed E-state index contributed by atoms with van der Waals surface area (Å²) in [5.74, 6) is -0.563. The molecule has 0 aliphatic carbocycles. The minimum atomic E-state index is -2.93. The molecule has 0 bridgehead atoms. The first-order valence-electron chi connectivity index (χ1n) is 16.9. The normalized spacial score (nSPS) is 19.5. The summed E-state index contributed by atoms with van der Waals surface area (Å²) in [6.07, 6.45) is 0. The maximum absolute atomic E-state index is 9.03. The average molecular weight is 401 g/mol. The third kappa shape index (κ3) is 2.40. The van der Waals surface area contributed by atoms with Crippen LogP contribution in [0.15, 0.2) is 103 Å². The molecular formula is C28H20N2. The molecule has 2 heteroatoms. The van der Waals surface area contributed by atoms with Crippen LogP contribution in [0.2, 0.25) is 0 Å². The summed E-state index contributed by atoms with van der Waals surface area (Å²) in [5.41, 5.74) is -1.04. The second-order valence-electron chi connectivity index (χ2n) is 6.48. The molecule has 30 heavy (non-hydrogen) atoms. The summed E-state index contributed by atoms with van der Waals surface area (Å²) in [6.45, 7) is -2.93. The molecule has 0 N–H and O–H groups in total. The monoisotopic (exact) mass is 400 g/mol. The number of aryl methyl sites for hydroxylation is 1. The van der Waals surface area contributed by atoms with Gasteiger partial charge in [0, 0.05) is 14.9 Å². The number of nitrogens with zero attached hydrogens (tertiary/aromatic N) is 2. The molecule has 5 aromatic carbocycles. The smallest absolute Gasteiger partial charge is 0.111 e. The summed E-state index contributed by atoms with van der Waals surface area (Å²) in [5, 5.41) is -1.68. The van der Waals surface area contributed by atoms with Crippen LogP contribution in [0.5, 0.6) is 0 Å². The second kappa shape index (κ2) is 6.57. The Morgan fingerprint density at radius 1 is 0.733 bits per heavy atom. The van der Waals surface area contributed by atoms with Gasteiger partial charge in [-0.2, -0.15) is 0 Å². The Hall–Kier alpha value is -3.91. The van der Waals surface area contributed by atoms with Crippen LogP contribution in [-0.2, 0) is 0 Å². The molecular weight excluding hydrogens is 364 g/mol. The lowest BCUT2D eigenvalue weighted by Gasteiger charge is -2.19. The van der Waals surface area contributed by atoms with Crippen molar-refractivity contribution in [1.82, 2.24) is 9.55 Å². The van der Waals surface area contributed by atoms with E-state index in [9.17, 15) is 0 Å². The first kappa shape index (κ1) is 7.41. The maximum Gasteiger partial charge on any atom is 0.111 e. The van der Waals surface area contributed by atoms with Crippen molar-refractivity contribution in [2.75, 3.05) is 0 Å². The van der Waals surface area contributed by atoms with Crippen LogP contribution in [0.4, 0.5) is 0 Å². The first-order chi connectivity index (χ1) is 21.4. The van der Waals surface area contributed by atoms with Crippen molar-refractivity contribution in [1.29, 1.82) is 0 Å². The van der Waals surface area contributed by atoms with Gasteiger partial charge in [-0.1, -0.05) is 90.7 Å². The van der Waals surface area contributed by atoms with Gasteiger partial charge in [0.15, 0.2) is 0 Å². The van der Waals surface area contributed by atoms with E-state index in [1.807, 2.05) is 0 Å². The van der Waals surface area contributed by atoms with Crippen molar-refractivity contribution >= 4 is 32.6 Å². The molecule has 1 aromatic heterocycles. The average Bonchev–Trinajstić information content (AvgIpc) is 3.42. The lowest BCUT2D eigenvalue weighted by molar-refractivity contribution is 1.02. The number of fused-ring (bicyclic) bond motifs is 3.